The van der Waals surface area contributed by atoms with Crippen molar-refractivity contribution < 1.29 is 43.4 Å². The Kier molecular flexibility index (Phi) is 15.8. The quantitative estimate of drug-likeness (QED) is 0.0352. The average molecular weight is 1110 g/mol. The van der Waals surface area contributed by atoms with Gasteiger partial charge in [-0.1, -0.05) is 51.8 Å². The average Bonchev–Trinajstić information content (AvgIpc) is 3.07. The summed E-state index contributed by atoms with van der Waals surface area (Å²) in [7, 11) is -3.32. The monoisotopic (exact) mass is 1100 g/mol. The zero-order chi connectivity index (χ0) is 56.3. The topological polar surface area (TPSA) is 277 Å². The number of fused-ring (bicyclic) bond motifs is 5. The minimum atomic E-state index is -5.16. The minimum absolute atomic E-state index is 0.0161. The second-order valence-electron chi connectivity index (χ2n) is 23.4. The highest BCUT2D eigenvalue weighted by Crippen LogP contribution is 2.50. The Balaban J connectivity index is 0.780. The Morgan fingerprint density at radius 3 is 2.49 bits per heavy atom. The second-order valence-corrected chi connectivity index (χ2v) is 24.6. The van der Waals surface area contributed by atoms with Gasteiger partial charge in [0.2, 0.25) is 23.2 Å². The van der Waals surface area contributed by atoms with Crippen molar-refractivity contribution in [3.63, 3.8) is 0 Å². The van der Waals surface area contributed by atoms with Gasteiger partial charge in [-0.2, -0.15) is 4.98 Å². The number of aliphatic hydroxyl groups excluding tert-OH is 2. The summed E-state index contributed by atoms with van der Waals surface area (Å²) in [5.74, 6) is 0.0561. The summed E-state index contributed by atoms with van der Waals surface area (Å²) in [6.45, 7) is 17.8. The predicted octanol–water partition coefficient (Wildman–Crippen LogP) is 3.82. The van der Waals surface area contributed by atoms with E-state index in [0.717, 1.165) is 82.1 Å². The fourth-order valence-electron chi connectivity index (χ4n) is 13.6. The summed E-state index contributed by atoms with van der Waals surface area (Å²) < 4.78 is 25.2. The Morgan fingerprint density at radius 2 is 1.75 bits per heavy atom. The molecule has 0 bridgehead atoms. The van der Waals surface area contributed by atoms with Crippen molar-refractivity contribution in [3.05, 3.63) is 108 Å². The highest BCUT2D eigenvalue weighted by atomic mass is 31.2. The van der Waals surface area contributed by atoms with Gasteiger partial charge in [0, 0.05) is 85.8 Å². The number of H-pyrrole nitrogens is 1. The molecule has 8 N–H and O–H groups in total. The number of anilines is 3. The van der Waals surface area contributed by atoms with E-state index < -0.39 is 44.5 Å². The summed E-state index contributed by atoms with van der Waals surface area (Å²) in [4.78, 5) is 76.2. The Morgan fingerprint density at radius 1 is 1.01 bits per heavy atom. The molecule has 20 nitrogen and oxygen atoms in total. The van der Waals surface area contributed by atoms with E-state index in [0.29, 0.717) is 44.0 Å². The van der Waals surface area contributed by atoms with Crippen LogP contribution in [0.3, 0.4) is 0 Å². The third kappa shape index (κ3) is 10.8. The lowest BCUT2D eigenvalue weighted by atomic mass is 9.64. The van der Waals surface area contributed by atoms with Crippen molar-refractivity contribution in [1.29, 1.82) is 0 Å². The number of phosphoric ester groups is 1. The molecule has 2 aromatic heterocycles. The molecule has 1 fully saturated rings. The molecule has 6 heterocycles. The van der Waals surface area contributed by atoms with E-state index in [2.05, 4.69) is 111 Å². The number of imidazole rings is 1. The Hall–Kier alpha value is -5.99. The van der Waals surface area contributed by atoms with E-state index in [1.807, 2.05) is 19.2 Å². The van der Waals surface area contributed by atoms with Crippen LogP contribution in [0.4, 0.5) is 17.6 Å². The third-order valence-corrected chi connectivity index (χ3v) is 17.6. The number of benzene rings is 3. The number of aryl methyl sites for hydroxylation is 1. The number of amides is 2. The molecule has 2 unspecified atom stereocenters. The first kappa shape index (κ1) is 56.3. The van der Waals surface area contributed by atoms with Crippen LogP contribution in [0.25, 0.3) is 16.7 Å². The highest BCUT2D eigenvalue weighted by molar-refractivity contribution is 7.44. The van der Waals surface area contributed by atoms with Crippen molar-refractivity contribution in [1.82, 2.24) is 34.3 Å². The van der Waals surface area contributed by atoms with Gasteiger partial charge in [-0.05, 0) is 128 Å². The first-order valence-electron chi connectivity index (χ1n) is 28.2. The lowest BCUT2D eigenvalue weighted by molar-refractivity contribution is -0.222. The van der Waals surface area contributed by atoms with Crippen LogP contribution in [0.2, 0.25) is 0 Å². The SMILES string of the molecule is CCN1c2cc3c(cc2C(C)CC1(C)C)C(c1ccccc1C(=O)N(C)CCCC(=O)NCCCCCCNc1nc2c(=O)[nH]c(N)nc2n1[C@@H]1O[C@H](COP(=O)([O-])O)[C@@H](O)[C@H]1O)=c1cc2c4c(c1C3(C)C)CCC[N+]=4CCC2. The second kappa shape index (κ2) is 22.2. The standard InChI is InChI=1S/C58H77N10O10P/c1-8-67-42-30-41-39(29-38(42)33(2)31-57(67,3)4)45(40-28-34-18-15-26-66-27-16-21-37(48(34)66)46(40)58(41,5)6)35-19-11-12-20-36(35)53(73)65(7)25-17-22-44(69)60-23-13-9-10-14-24-61-56-62-47-51(63-55(59)64-52(47)72)68(56)54-50(71)49(70)43(78-54)32-77-79(74,75)76/h11-12,19-20,28-30,33,43,49-50,54,70-71H,8-10,13-18,21-27,31-32H2,1-7H3,(H6,59,60,64,69,72,73,74,75,76)/t33?,43-,49-,50-,54-/m1/s1. The van der Waals surface area contributed by atoms with Crippen LogP contribution in [0.15, 0.2) is 47.3 Å². The zero-order valence-electron chi connectivity index (χ0n) is 46.6. The molecule has 2 amide bonds. The van der Waals surface area contributed by atoms with Crippen LogP contribution in [0.1, 0.15) is 161 Å². The number of aromatic amines is 1. The van der Waals surface area contributed by atoms with Crippen molar-refractivity contribution in [2.75, 3.05) is 68.9 Å². The van der Waals surface area contributed by atoms with Crippen molar-refractivity contribution in [3.8, 4) is 0 Å². The fourth-order valence-corrected chi connectivity index (χ4v) is 13.9. The number of rotatable bonds is 19. The van der Waals surface area contributed by atoms with E-state index >= 15 is 0 Å². The molecule has 0 radical (unpaired) electrons. The molecule has 0 spiro atoms. The van der Waals surface area contributed by atoms with Crippen LogP contribution in [-0.2, 0) is 36.9 Å². The van der Waals surface area contributed by atoms with Gasteiger partial charge in [-0.15, -0.1) is 0 Å². The van der Waals surface area contributed by atoms with Crippen LogP contribution in [-0.4, -0.2) is 128 Å². The molecule has 6 atom stereocenters. The molecule has 4 aliphatic heterocycles. The number of aromatic nitrogens is 4. The molecule has 21 heteroatoms. The van der Waals surface area contributed by atoms with Gasteiger partial charge in [-0.25, -0.2) is 9.56 Å². The summed E-state index contributed by atoms with van der Waals surface area (Å²) in [6.07, 6.45) is 3.12. The molecule has 5 aromatic rings. The molecule has 1 saturated heterocycles. The molecule has 0 saturated carbocycles. The maximum absolute atomic E-state index is 14.8. The lowest BCUT2D eigenvalue weighted by Crippen LogP contribution is -2.50. The number of nitrogens with two attached hydrogens (primary N) is 1. The van der Waals surface area contributed by atoms with Crippen LogP contribution in [0, 0.1) is 0 Å². The normalized spacial score (nSPS) is 22.4. The Bertz CT molecular complexity index is 3440. The first-order chi connectivity index (χ1) is 37.6. The number of aliphatic hydroxyl groups is 2. The van der Waals surface area contributed by atoms with Gasteiger partial charge in [0.15, 0.2) is 17.4 Å². The summed E-state index contributed by atoms with van der Waals surface area (Å²) in [5, 5.41) is 30.4. The van der Waals surface area contributed by atoms with E-state index in [1.54, 1.807) is 4.90 Å². The van der Waals surface area contributed by atoms with E-state index in [9.17, 15) is 34.1 Å². The molecule has 5 aliphatic rings. The van der Waals surface area contributed by atoms with Crippen LogP contribution in [0.5, 0.6) is 0 Å². The number of hydrogen-bond acceptors (Lipinski definition) is 14. The van der Waals surface area contributed by atoms with Crippen molar-refractivity contribution in [2.24, 2.45) is 0 Å². The number of carbonyl (C=O) groups is 2. The number of carbonyl (C=O) groups excluding carboxylic acids is 2. The number of nitrogen functional groups attached to an aromatic ring is 1. The van der Waals surface area contributed by atoms with Crippen molar-refractivity contribution in [2.45, 2.75) is 154 Å². The summed E-state index contributed by atoms with van der Waals surface area (Å²) in [6, 6.07) is 15.6. The third-order valence-electron chi connectivity index (χ3n) is 17.1. The number of phosphoric acid groups is 1. The molecule has 3 aromatic carbocycles. The molecular formula is C58H77N10O10P. The maximum Gasteiger partial charge on any atom is 0.280 e. The molecule has 424 valence electrons. The van der Waals surface area contributed by atoms with E-state index in [1.165, 1.54) is 54.2 Å². The van der Waals surface area contributed by atoms with Crippen molar-refractivity contribution >= 4 is 54.0 Å². The molecule has 10 rings (SSSR count). The smallest absolute Gasteiger partial charge is 0.280 e. The predicted molar refractivity (Wildman–Crippen MR) is 300 cm³/mol. The van der Waals surface area contributed by atoms with Crippen LogP contribution < -0.4 is 46.9 Å². The van der Waals surface area contributed by atoms with Crippen LogP contribution >= 0.6 is 7.82 Å². The Labute approximate surface area is 460 Å². The molecule has 1 aliphatic carbocycles. The number of ether oxygens (including phenoxy) is 1. The summed E-state index contributed by atoms with van der Waals surface area (Å²) >= 11 is 0. The highest BCUT2D eigenvalue weighted by Gasteiger charge is 2.47. The van der Waals surface area contributed by atoms with Gasteiger partial charge < -0.3 is 55.4 Å². The van der Waals surface area contributed by atoms with Gasteiger partial charge in [0.05, 0.1) is 6.61 Å². The number of nitrogens with one attached hydrogen (secondary N) is 3. The number of unbranched alkanes of at least 4 members (excludes halogenated alkanes) is 3. The fraction of sp³-hybridized carbons (Fsp3) is 0.552. The van der Waals surface area contributed by atoms with Gasteiger partial charge in [-0.3, -0.25) is 28.5 Å². The number of nitrogens with zero attached hydrogens (tertiary/aromatic N) is 6. The molecular weight excluding hydrogens is 1030 g/mol. The van der Waals surface area contributed by atoms with E-state index in [-0.39, 0.29) is 52.2 Å². The first-order valence-corrected chi connectivity index (χ1v) is 29.7. The zero-order valence-corrected chi connectivity index (χ0v) is 47.5. The van der Waals surface area contributed by atoms with Gasteiger partial charge >= 0.3 is 0 Å². The van der Waals surface area contributed by atoms with Gasteiger partial charge in [0.25, 0.3) is 19.3 Å². The number of hydrogen-bond donors (Lipinski definition) is 7. The lowest BCUT2D eigenvalue weighted by Gasteiger charge is -2.48. The van der Waals surface area contributed by atoms with E-state index in [4.69, 9.17) is 15.4 Å². The minimum Gasteiger partial charge on any atom is -0.756 e. The maximum atomic E-state index is 14.8. The van der Waals surface area contributed by atoms with Gasteiger partial charge in [0.1, 0.15) is 31.4 Å². The summed E-state index contributed by atoms with van der Waals surface area (Å²) in [5.41, 5.74) is 17.0. The molecule has 79 heavy (non-hydrogen) atoms. The largest absolute Gasteiger partial charge is 0.756 e.